The highest BCUT2D eigenvalue weighted by atomic mass is 32.2. The molecule has 23 heavy (non-hydrogen) atoms. The lowest BCUT2D eigenvalue weighted by molar-refractivity contribution is 0.214. The van der Waals surface area contributed by atoms with Crippen molar-refractivity contribution in [3.05, 3.63) is 29.8 Å². The van der Waals surface area contributed by atoms with E-state index in [9.17, 15) is 13.2 Å². The number of benzene rings is 1. The minimum atomic E-state index is -3.10. The van der Waals surface area contributed by atoms with Gasteiger partial charge in [0, 0.05) is 18.8 Å². The van der Waals surface area contributed by atoms with Crippen molar-refractivity contribution in [2.75, 3.05) is 18.4 Å². The number of rotatable bonds is 4. The van der Waals surface area contributed by atoms with Gasteiger partial charge in [0.1, 0.15) is 0 Å². The predicted molar refractivity (Wildman–Crippen MR) is 93.3 cm³/mol. The van der Waals surface area contributed by atoms with Gasteiger partial charge in [0.15, 0.2) is 9.84 Å². The van der Waals surface area contributed by atoms with Crippen molar-refractivity contribution in [2.45, 2.75) is 50.5 Å². The number of carbonyl (C=O) groups is 1. The van der Waals surface area contributed by atoms with Gasteiger partial charge in [-0.2, -0.15) is 0 Å². The van der Waals surface area contributed by atoms with E-state index in [2.05, 4.69) is 5.32 Å². The van der Waals surface area contributed by atoms with Gasteiger partial charge in [-0.1, -0.05) is 25.0 Å². The molecule has 0 aromatic heterocycles. The fraction of sp³-hybridized carbons (Fsp3) is 0.588. The summed E-state index contributed by atoms with van der Waals surface area (Å²) in [5, 5.41) is 2.51. The van der Waals surface area contributed by atoms with Crippen LogP contribution < -0.4 is 5.32 Å². The van der Waals surface area contributed by atoms with Crippen LogP contribution in [0.2, 0.25) is 0 Å². The van der Waals surface area contributed by atoms with Gasteiger partial charge in [0.25, 0.3) is 0 Å². The number of hydrogen-bond acceptors (Lipinski definition) is 3. The van der Waals surface area contributed by atoms with Crippen LogP contribution in [0.3, 0.4) is 0 Å². The van der Waals surface area contributed by atoms with Gasteiger partial charge in [-0.05, 0) is 44.4 Å². The van der Waals surface area contributed by atoms with E-state index in [4.69, 9.17) is 0 Å². The molecule has 2 rings (SSSR count). The average molecular weight is 338 g/mol. The zero-order valence-electron chi connectivity index (χ0n) is 13.9. The number of anilines is 1. The molecule has 128 valence electrons. The van der Waals surface area contributed by atoms with Crippen molar-refractivity contribution in [2.24, 2.45) is 0 Å². The Morgan fingerprint density at radius 2 is 1.65 bits per heavy atom. The molecule has 1 aromatic carbocycles. The van der Waals surface area contributed by atoms with Gasteiger partial charge in [-0.15, -0.1) is 0 Å². The number of nitrogens with zero attached hydrogens (tertiary/aromatic N) is 1. The largest absolute Gasteiger partial charge is 0.325 e. The van der Waals surface area contributed by atoms with E-state index in [1.54, 1.807) is 38.1 Å². The van der Waals surface area contributed by atoms with Gasteiger partial charge < -0.3 is 10.2 Å². The molecule has 0 aliphatic carbocycles. The fourth-order valence-electron chi connectivity index (χ4n) is 2.56. The first-order chi connectivity index (χ1) is 10.9. The first kappa shape index (κ1) is 17.8. The number of sulfone groups is 1. The highest BCUT2D eigenvalue weighted by Crippen LogP contribution is 2.16. The second-order valence-corrected chi connectivity index (χ2v) is 8.94. The summed E-state index contributed by atoms with van der Waals surface area (Å²) in [6.07, 6.45) is 4.48. The van der Waals surface area contributed by atoms with Crippen LogP contribution in [-0.2, 0) is 15.6 Å². The second-order valence-electron chi connectivity index (χ2n) is 6.38. The number of amides is 2. The maximum absolute atomic E-state index is 12.2. The topological polar surface area (TPSA) is 66.5 Å². The van der Waals surface area contributed by atoms with Gasteiger partial charge in [0.2, 0.25) is 0 Å². The first-order valence-electron chi connectivity index (χ1n) is 8.25. The lowest BCUT2D eigenvalue weighted by atomic mass is 10.2. The Balaban J connectivity index is 1.95. The number of hydrogen-bond donors (Lipinski definition) is 1. The molecule has 1 heterocycles. The van der Waals surface area contributed by atoms with Crippen LogP contribution in [0.1, 0.15) is 45.1 Å². The summed E-state index contributed by atoms with van der Waals surface area (Å²) in [5.41, 5.74) is 1.44. The highest BCUT2D eigenvalue weighted by molar-refractivity contribution is 7.91. The molecule has 0 bridgehead atoms. The number of carbonyl (C=O) groups excluding carboxylic acids is 1. The van der Waals surface area contributed by atoms with Crippen LogP contribution in [0.4, 0.5) is 10.5 Å². The van der Waals surface area contributed by atoms with Crippen molar-refractivity contribution < 1.29 is 13.2 Å². The third-order valence-electron chi connectivity index (χ3n) is 4.18. The molecule has 1 aliphatic rings. The van der Waals surface area contributed by atoms with Gasteiger partial charge >= 0.3 is 6.03 Å². The van der Waals surface area contributed by atoms with Crippen LogP contribution in [0.15, 0.2) is 24.3 Å². The minimum Gasteiger partial charge on any atom is -0.325 e. The first-order valence-corrected chi connectivity index (χ1v) is 9.96. The number of likely N-dealkylation sites (tertiary alicyclic amines) is 1. The Kier molecular flexibility index (Phi) is 6.04. The van der Waals surface area contributed by atoms with Crippen molar-refractivity contribution in [3.63, 3.8) is 0 Å². The van der Waals surface area contributed by atoms with E-state index >= 15 is 0 Å². The van der Waals surface area contributed by atoms with E-state index in [-0.39, 0.29) is 17.0 Å². The molecule has 0 unspecified atom stereocenters. The molecule has 5 nitrogen and oxygen atoms in total. The summed E-state index contributed by atoms with van der Waals surface area (Å²) in [5.74, 6) is 0.0328. The molecule has 1 fully saturated rings. The zero-order chi connectivity index (χ0) is 16.9. The Morgan fingerprint density at radius 1 is 1.09 bits per heavy atom. The standard InChI is InChI=1S/C17H26N2O3S/c1-14(2)23(21,22)13-15-7-9-16(10-8-15)18-17(20)19-11-5-3-4-6-12-19/h7-10,14H,3-6,11-13H2,1-2H3,(H,18,20). The Bertz CT molecular complexity index is 616. The van der Waals surface area contributed by atoms with Crippen LogP contribution in [0, 0.1) is 0 Å². The monoisotopic (exact) mass is 338 g/mol. The molecule has 0 radical (unpaired) electrons. The number of urea groups is 1. The van der Waals surface area contributed by atoms with Crippen molar-refractivity contribution in [1.82, 2.24) is 4.90 Å². The molecule has 0 spiro atoms. The second kappa shape index (κ2) is 7.81. The van der Waals surface area contributed by atoms with Crippen LogP contribution in [-0.4, -0.2) is 37.7 Å². The SMILES string of the molecule is CC(C)S(=O)(=O)Cc1ccc(NC(=O)N2CCCCCC2)cc1. The molecule has 6 heteroatoms. The molecule has 1 saturated heterocycles. The van der Waals surface area contributed by atoms with E-state index in [0.717, 1.165) is 31.5 Å². The normalized spacial score (nSPS) is 16.2. The zero-order valence-corrected chi connectivity index (χ0v) is 14.7. The predicted octanol–water partition coefficient (Wildman–Crippen LogP) is 3.42. The van der Waals surface area contributed by atoms with E-state index in [1.165, 1.54) is 12.8 Å². The summed E-state index contributed by atoms with van der Waals surface area (Å²) in [7, 11) is -3.10. The summed E-state index contributed by atoms with van der Waals surface area (Å²) in [4.78, 5) is 14.1. The molecule has 1 aliphatic heterocycles. The molecular weight excluding hydrogens is 312 g/mol. The van der Waals surface area contributed by atoms with E-state index < -0.39 is 9.84 Å². The molecule has 2 amide bonds. The summed E-state index contributed by atoms with van der Waals surface area (Å²) in [6.45, 7) is 4.98. The minimum absolute atomic E-state index is 0.0328. The van der Waals surface area contributed by atoms with Gasteiger partial charge in [-0.3, -0.25) is 0 Å². The molecular formula is C17H26N2O3S. The molecule has 0 atom stereocenters. The molecule has 0 saturated carbocycles. The van der Waals surface area contributed by atoms with Crippen LogP contribution in [0.25, 0.3) is 0 Å². The molecule has 1 aromatic rings. The van der Waals surface area contributed by atoms with Crippen molar-refractivity contribution in [3.8, 4) is 0 Å². The Labute approximate surface area is 139 Å². The third kappa shape index (κ3) is 5.23. The number of nitrogens with one attached hydrogen (secondary N) is 1. The van der Waals surface area contributed by atoms with Crippen LogP contribution in [0.5, 0.6) is 0 Å². The maximum atomic E-state index is 12.2. The smallest absolute Gasteiger partial charge is 0.321 e. The fourth-order valence-corrected chi connectivity index (χ4v) is 3.55. The van der Waals surface area contributed by atoms with E-state index in [1.807, 2.05) is 4.90 Å². The Hall–Kier alpha value is -1.56. The summed E-state index contributed by atoms with van der Waals surface area (Å²) < 4.78 is 23.9. The van der Waals surface area contributed by atoms with Crippen molar-refractivity contribution >= 4 is 21.6 Å². The average Bonchev–Trinajstić information content (AvgIpc) is 2.78. The quantitative estimate of drug-likeness (QED) is 0.915. The van der Waals surface area contributed by atoms with Crippen LogP contribution >= 0.6 is 0 Å². The van der Waals surface area contributed by atoms with Gasteiger partial charge in [0.05, 0.1) is 11.0 Å². The summed E-state index contributed by atoms with van der Waals surface area (Å²) in [6, 6.07) is 6.98. The highest BCUT2D eigenvalue weighted by Gasteiger charge is 2.17. The lowest BCUT2D eigenvalue weighted by Crippen LogP contribution is -2.35. The van der Waals surface area contributed by atoms with Gasteiger partial charge in [-0.25, -0.2) is 13.2 Å². The van der Waals surface area contributed by atoms with E-state index in [0.29, 0.717) is 5.69 Å². The van der Waals surface area contributed by atoms with Crippen molar-refractivity contribution in [1.29, 1.82) is 0 Å². The lowest BCUT2D eigenvalue weighted by Gasteiger charge is -2.20. The Morgan fingerprint density at radius 3 is 2.17 bits per heavy atom. The maximum Gasteiger partial charge on any atom is 0.321 e. The third-order valence-corrected chi connectivity index (χ3v) is 6.36. The summed E-state index contributed by atoms with van der Waals surface area (Å²) >= 11 is 0. The molecule has 1 N–H and O–H groups in total.